The second kappa shape index (κ2) is 5.66. The van der Waals surface area contributed by atoms with Crippen LogP contribution >= 0.6 is 11.8 Å². The molecule has 0 unspecified atom stereocenters. The summed E-state index contributed by atoms with van der Waals surface area (Å²) in [6.07, 6.45) is 0.336. The molecule has 2 saturated heterocycles. The van der Waals surface area contributed by atoms with Gasteiger partial charge in [-0.1, -0.05) is 0 Å². The third-order valence-corrected chi connectivity index (χ3v) is 6.41. The molecule has 2 heterocycles. The number of carbonyl (C=O) groups is 1. The van der Waals surface area contributed by atoms with Crippen molar-refractivity contribution < 1.29 is 17.9 Å². The SMILES string of the molecule is CCOC(=O)N1CCN[C@@H]1S[C@@H]1CCS(=O)(=O)C1. The molecule has 8 heteroatoms. The summed E-state index contributed by atoms with van der Waals surface area (Å²) in [6, 6.07) is 0. The van der Waals surface area contributed by atoms with Crippen LogP contribution in [0.3, 0.4) is 0 Å². The first-order chi connectivity index (χ1) is 8.52. The molecule has 0 bridgehead atoms. The Morgan fingerprint density at radius 2 is 2.33 bits per heavy atom. The Hall–Kier alpha value is -0.470. The van der Waals surface area contributed by atoms with Crippen molar-refractivity contribution in [2.24, 2.45) is 0 Å². The van der Waals surface area contributed by atoms with Crippen LogP contribution < -0.4 is 5.32 Å². The number of nitrogens with one attached hydrogen (secondary N) is 1. The fourth-order valence-corrected chi connectivity index (χ4v) is 5.90. The maximum absolute atomic E-state index is 11.7. The van der Waals surface area contributed by atoms with Crippen LogP contribution in [0.4, 0.5) is 4.79 Å². The molecule has 0 aromatic heterocycles. The topological polar surface area (TPSA) is 75.7 Å². The minimum atomic E-state index is -2.87. The van der Waals surface area contributed by atoms with Crippen LogP contribution in [0.15, 0.2) is 0 Å². The molecule has 104 valence electrons. The molecule has 0 aromatic rings. The number of sulfone groups is 1. The number of nitrogens with zero attached hydrogens (tertiary/aromatic N) is 1. The van der Waals surface area contributed by atoms with Gasteiger partial charge in [0.1, 0.15) is 5.50 Å². The molecule has 0 aromatic carbocycles. The molecule has 0 aliphatic carbocycles. The van der Waals surface area contributed by atoms with Crippen LogP contribution in [0.25, 0.3) is 0 Å². The number of rotatable bonds is 3. The number of amides is 1. The van der Waals surface area contributed by atoms with Gasteiger partial charge in [0.2, 0.25) is 0 Å². The highest BCUT2D eigenvalue weighted by Gasteiger charge is 2.36. The molecule has 2 aliphatic heterocycles. The Morgan fingerprint density at radius 1 is 1.56 bits per heavy atom. The quantitative estimate of drug-likeness (QED) is 0.804. The van der Waals surface area contributed by atoms with Crippen LogP contribution in [0.1, 0.15) is 13.3 Å². The number of ether oxygens (including phenoxy) is 1. The van der Waals surface area contributed by atoms with Gasteiger partial charge in [-0.25, -0.2) is 13.2 Å². The van der Waals surface area contributed by atoms with Crippen molar-refractivity contribution in [3.63, 3.8) is 0 Å². The lowest BCUT2D eigenvalue weighted by Gasteiger charge is -2.24. The van der Waals surface area contributed by atoms with E-state index in [1.807, 2.05) is 0 Å². The lowest BCUT2D eigenvalue weighted by molar-refractivity contribution is 0.112. The van der Waals surface area contributed by atoms with Crippen LogP contribution in [0.5, 0.6) is 0 Å². The molecule has 2 fully saturated rings. The number of thioether (sulfide) groups is 1. The molecule has 2 atom stereocenters. The Morgan fingerprint density at radius 3 is 2.94 bits per heavy atom. The Bertz CT molecular complexity index is 412. The summed E-state index contributed by atoms with van der Waals surface area (Å²) >= 11 is 1.51. The Balaban J connectivity index is 1.90. The predicted molar refractivity (Wildman–Crippen MR) is 70.2 cm³/mol. The fraction of sp³-hybridized carbons (Fsp3) is 0.900. The van der Waals surface area contributed by atoms with Crippen molar-refractivity contribution in [2.45, 2.75) is 24.1 Å². The van der Waals surface area contributed by atoms with Crippen LogP contribution in [-0.4, -0.2) is 61.4 Å². The van der Waals surface area contributed by atoms with E-state index >= 15 is 0 Å². The van der Waals surface area contributed by atoms with Crippen molar-refractivity contribution in [3.8, 4) is 0 Å². The van der Waals surface area contributed by atoms with Gasteiger partial charge in [0, 0.05) is 18.3 Å². The second-order valence-corrected chi connectivity index (χ2v) is 7.97. The Kier molecular flexibility index (Phi) is 4.39. The monoisotopic (exact) mass is 294 g/mol. The second-order valence-electron chi connectivity index (χ2n) is 4.36. The van der Waals surface area contributed by atoms with Crippen LogP contribution in [0.2, 0.25) is 0 Å². The van der Waals surface area contributed by atoms with Gasteiger partial charge in [0.05, 0.1) is 18.1 Å². The number of hydrogen-bond acceptors (Lipinski definition) is 6. The van der Waals surface area contributed by atoms with E-state index in [1.54, 1.807) is 11.8 Å². The van der Waals surface area contributed by atoms with E-state index in [9.17, 15) is 13.2 Å². The van der Waals surface area contributed by atoms with E-state index < -0.39 is 9.84 Å². The maximum Gasteiger partial charge on any atom is 0.411 e. The van der Waals surface area contributed by atoms with Gasteiger partial charge in [-0.3, -0.25) is 10.2 Å². The van der Waals surface area contributed by atoms with Gasteiger partial charge in [-0.15, -0.1) is 11.8 Å². The van der Waals surface area contributed by atoms with E-state index in [1.165, 1.54) is 11.8 Å². The first-order valence-corrected chi connectivity index (χ1v) is 8.81. The third kappa shape index (κ3) is 3.30. The van der Waals surface area contributed by atoms with Gasteiger partial charge in [-0.2, -0.15) is 0 Å². The summed E-state index contributed by atoms with van der Waals surface area (Å²) in [4.78, 5) is 13.3. The molecule has 6 nitrogen and oxygen atoms in total. The summed E-state index contributed by atoms with van der Waals surface area (Å²) in [7, 11) is -2.87. The predicted octanol–water partition coefficient (Wildman–Crippen LogP) is 0.252. The maximum atomic E-state index is 11.7. The van der Waals surface area contributed by atoms with Crippen molar-refractivity contribution in [2.75, 3.05) is 31.2 Å². The highest BCUT2D eigenvalue weighted by molar-refractivity contribution is 8.02. The molecular formula is C10H18N2O4S2. The lowest BCUT2D eigenvalue weighted by atomic mass is 10.4. The van der Waals surface area contributed by atoms with Crippen LogP contribution in [0, 0.1) is 0 Å². The van der Waals surface area contributed by atoms with Crippen molar-refractivity contribution in [3.05, 3.63) is 0 Å². The van der Waals surface area contributed by atoms with Gasteiger partial charge < -0.3 is 4.74 Å². The summed E-state index contributed by atoms with van der Waals surface area (Å²) < 4.78 is 27.8. The molecule has 0 saturated carbocycles. The zero-order valence-electron chi connectivity index (χ0n) is 10.3. The summed E-state index contributed by atoms with van der Waals surface area (Å²) in [5, 5.41) is 3.27. The molecule has 18 heavy (non-hydrogen) atoms. The van der Waals surface area contributed by atoms with E-state index in [4.69, 9.17) is 4.74 Å². The Labute approximate surface area is 111 Å². The van der Waals surface area contributed by atoms with Gasteiger partial charge in [0.15, 0.2) is 9.84 Å². The van der Waals surface area contributed by atoms with Crippen molar-refractivity contribution in [1.82, 2.24) is 10.2 Å². The first kappa shape index (κ1) is 14.0. The summed E-state index contributed by atoms with van der Waals surface area (Å²) in [5.41, 5.74) is -0.164. The minimum absolute atomic E-state index is 0.0718. The molecule has 0 spiro atoms. The van der Waals surface area contributed by atoms with Gasteiger partial charge in [0.25, 0.3) is 0 Å². The van der Waals surface area contributed by atoms with E-state index in [0.29, 0.717) is 19.6 Å². The normalized spacial score (nSPS) is 30.6. The zero-order valence-corrected chi connectivity index (χ0v) is 11.9. The fourth-order valence-electron chi connectivity index (χ4n) is 2.10. The highest BCUT2D eigenvalue weighted by Crippen LogP contribution is 2.30. The van der Waals surface area contributed by atoms with E-state index in [0.717, 1.165) is 6.54 Å². The average Bonchev–Trinajstić information content (AvgIpc) is 2.86. The van der Waals surface area contributed by atoms with E-state index in [2.05, 4.69) is 5.32 Å². The van der Waals surface area contributed by atoms with Crippen molar-refractivity contribution in [1.29, 1.82) is 0 Å². The third-order valence-electron chi connectivity index (χ3n) is 2.97. The standard InChI is InChI=1S/C10H18N2O4S2/c1-2-16-10(13)12-5-4-11-9(12)17-8-3-6-18(14,15)7-8/h8-9,11H,2-7H2,1H3/t8-,9+/m1/s1. The smallest absolute Gasteiger partial charge is 0.411 e. The first-order valence-electron chi connectivity index (χ1n) is 6.04. The zero-order chi connectivity index (χ0) is 13.2. The number of carbonyl (C=O) groups excluding carboxylic acids is 1. The summed E-state index contributed by atoms with van der Waals surface area (Å²) in [5.74, 6) is 0.476. The van der Waals surface area contributed by atoms with Crippen LogP contribution in [-0.2, 0) is 14.6 Å². The van der Waals surface area contributed by atoms with E-state index in [-0.39, 0.29) is 28.3 Å². The number of hydrogen-bond donors (Lipinski definition) is 1. The molecular weight excluding hydrogens is 276 g/mol. The molecule has 1 amide bonds. The molecule has 2 rings (SSSR count). The van der Waals surface area contributed by atoms with Crippen molar-refractivity contribution >= 4 is 27.7 Å². The molecule has 0 radical (unpaired) electrons. The average molecular weight is 294 g/mol. The van der Waals surface area contributed by atoms with Gasteiger partial charge in [-0.05, 0) is 13.3 Å². The highest BCUT2D eigenvalue weighted by atomic mass is 32.2. The largest absolute Gasteiger partial charge is 0.450 e. The molecule has 2 aliphatic rings. The van der Waals surface area contributed by atoms with Gasteiger partial charge >= 0.3 is 6.09 Å². The summed E-state index contributed by atoms with van der Waals surface area (Å²) in [6.45, 7) is 3.45. The minimum Gasteiger partial charge on any atom is -0.450 e. The molecule has 1 N–H and O–H groups in total. The lowest BCUT2D eigenvalue weighted by Crippen LogP contribution is -2.39.